The molecule has 2 heterocycles. The van der Waals surface area contributed by atoms with E-state index in [0.29, 0.717) is 30.0 Å². The molecule has 2 aliphatic rings. The molecule has 1 fully saturated rings. The van der Waals surface area contributed by atoms with Crippen LogP contribution < -0.4 is 4.74 Å². The van der Waals surface area contributed by atoms with Crippen LogP contribution in [0.3, 0.4) is 0 Å². The SMILES string of the molecule is Cc1cc(OCC(O)CN2CCC(CN3C(=O)c4cccc5cccc(c45)C3=O)CC2)cc(C)c1Cl. The Labute approximate surface area is 216 Å². The number of carbonyl (C=O) groups is 2. The summed E-state index contributed by atoms with van der Waals surface area (Å²) in [7, 11) is 0. The number of ether oxygens (including phenoxy) is 1. The second-order valence-corrected chi connectivity index (χ2v) is 10.4. The molecule has 0 bridgehead atoms. The van der Waals surface area contributed by atoms with E-state index in [1.165, 1.54) is 4.90 Å². The number of rotatable bonds is 7. The first-order valence-corrected chi connectivity index (χ1v) is 12.9. The van der Waals surface area contributed by atoms with Crippen LogP contribution in [0.5, 0.6) is 5.75 Å². The predicted octanol–water partition coefficient (Wildman–Crippen LogP) is 4.86. The molecule has 0 aliphatic carbocycles. The maximum atomic E-state index is 13.2. The Morgan fingerprint density at radius 3 is 2.17 bits per heavy atom. The number of likely N-dealkylation sites (tertiary alicyclic amines) is 1. The van der Waals surface area contributed by atoms with Crippen molar-refractivity contribution >= 4 is 34.2 Å². The van der Waals surface area contributed by atoms with Crippen molar-refractivity contribution in [2.24, 2.45) is 5.92 Å². The van der Waals surface area contributed by atoms with Gasteiger partial charge in [0, 0.05) is 34.6 Å². The van der Waals surface area contributed by atoms with E-state index in [2.05, 4.69) is 4.90 Å². The Bertz CT molecular complexity index is 1240. The van der Waals surface area contributed by atoms with Crippen molar-refractivity contribution in [3.05, 3.63) is 75.8 Å². The highest BCUT2D eigenvalue weighted by molar-refractivity contribution is 6.32. The van der Waals surface area contributed by atoms with E-state index >= 15 is 0 Å². The topological polar surface area (TPSA) is 70.1 Å². The minimum absolute atomic E-state index is 0.202. The first-order valence-electron chi connectivity index (χ1n) is 12.5. The van der Waals surface area contributed by atoms with Crippen molar-refractivity contribution in [3.63, 3.8) is 0 Å². The fourth-order valence-electron chi connectivity index (χ4n) is 5.39. The number of piperidine rings is 1. The van der Waals surface area contributed by atoms with Gasteiger partial charge in [-0.05, 0) is 86.5 Å². The molecule has 0 radical (unpaired) electrons. The molecular weight excluding hydrogens is 476 g/mol. The van der Waals surface area contributed by atoms with E-state index in [-0.39, 0.29) is 24.3 Å². The molecule has 1 N–H and O–H groups in total. The normalized spacial score (nSPS) is 17.6. The number of halogens is 1. The number of nitrogens with zero attached hydrogens (tertiary/aromatic N) is 2. The average molecular weight is 507 g/mol. The summed E-state index contributed by atoms with van der Waals surface area (Å²) in [5.74, 6) is 0.547. The summed E-state index contributed by atoms with van der Waals surface area (Å²) in [6.45, 7) is 6.65. The van der Waals surface area contributed by atoms with Crippen molar-refractivity contribution in [1.82, 2.24) is 9.80 Å². The number of carbonyl (C=O) groups excluding carboxylic acids is 2. The van der Waals surface area contributed by atoms with Gasteiger partial charge in [-0.1, -0.05) is 35.9 Å². The van der Waals surface area contributed by atoms with Gasteiger partial charge in [-0.25, -0.2) is 0 Å². The summed E-state index contributed by atoms with van der Waals surface area (Å²) in [6.07, 6.45) is 1.12. The summed E-state index contributed by atoms with van der Waals surface area (Å²) in [5, 5.41) is 12.9. The van der Waals surface area contributed by atoms with Gasteiger partial charge < -0.3 is 14.7 Å². The minimum Gasteiger partial charge on any atom is -0.491 e. The maximum Gasteiger partial charge on any atom is 0.261 e. The Morgan fingerprint density at radius 1 is 1.00 bits per heavy atom. The van der Waals surface area contributed by atoms with Crippen LogP contribution >= 0.6 is 11.6 Å². The third kappa shape index (κ3) is 4.85. The lowest BCUT2D eigenvalue weighted by Gasteiger charge is -2.36. The Kier molecular flexibility index (Phi) is 7.02. The number of benzene rings is 3. The van der Waals surface area contributed by atoms with Gasteiger partial charge in [0.2, 0.25) is 0 Å². The maximum absolute atomic E-state index is 13.2. The van der Waals surface area contributed by atoms with E-state index in [1.54, 1.807) is 0 Å². The Hall–Kier alpha value is -2.93. The zero-order valence-electron chi connectivity index (χ0n) is 20.7. The lowest BCUT2D eigenvalue weighted by atomic mass is 9.91. The van der Waals surface area contributed by atoms with E-state index in [0.717, 1.165) is 52.9 Å². The molecule has 2 aliphatic heterocycles. The number of hydrogen-bond donors (Lipinski definition) is 1. The molecule has 3 aromatic carbocycles. The van der Waals surface area contributed by atoms with E-state index in [1.807, 2.05) is 62.4 Å². The summed E-state index contributed by atoms with van der Waals surface area (Å²) in [4.78, 5) is 30.0. The summed E-state index contributed by atoms with van der Waals surface area (Å²) in [5.41, 5.74) is 3.12. The van der Waals surface area contributed by atoms with Gasteiger partial charge in [0.1, 0.15) is 18.5 Å². The van der Waals surface area contributed by atoms with Crippen LogP contribution in [0.15, 0.2) is 48.5 Å². The summed E-state index contributed by atoms with van der Waals surface area (Å²) < 4.78 is 5.81. The van der Waals surface area contributed by atoms with E-state index in [4.69, 9.17) is 16.3 Å². The predicted molar refractivity (Wildman–Crippen MR) is 141 cm³/mol. The number of β-amino-alcohol motifs (C(OH)–C–C–N with tert-alkyl or cyclic N) is 1. The van der Waals surface area contributed by atoms with E-state index in [9.17, 15) is 14.7 Å². The quantitative estimate of drug-likeness (QED) is 0.463. The van der Waals surface area contributed by atoms with Crippen LogP contribution in [0.4, 0.5) is 0 Å². The molecule has 6 nitrogen and oxygen atoms in total. The molecule has 7 heteroatoms. The number of aliphatic hydroxyl groups excluding tert-OH is 1. The lowest BCUT2D eigenvalue weighted by Crippen LogP contribution is -2.46. The highest BCUT2D eigenvalue weighted by Crippen LogP contribution is 2.31. The largest absolute Gasteiger partial charge is 0.491 e. The first-order chi connectivity index (χ1) is 17.3. The van der Waals surface area contributed by atoms with Gasteiger partial charge >= 0.3 is 0 Å². The monoisotopic (exact) mass is 506 g/mol. The number of amides is 2. The van der Waals surface area contributed by atoms with Gasteiger partial charge in [-0.3, -0.25) is 14.5 Å². The minimum atomic E-state index is -0.611. The van der Waals surface area contributed by atoms with Crippen molar-refractivity contribution < 1.29 is 19.4 Å². The molecule has 0 saturated carbocycles. The van der Waals surface area contributed by atoms with Crippen molar-refractivity contribution in [2.75, 3.05) is 32.8 Å². The highest BCUT2D eigenvalue weighted by Gasteiger charge is 2.34. The molecule has 3 aromatic rings. The summed E-state index contributed by atoms with van der Waals surface area (Å²) in [6, 6.07) is 15.0. The average Bonchev–Trinajstić information content (AvgIpc) is 2.88. The van der Waals surface area contributed by atoms with E-state index < -0.39 is 6.10 Å². The third-order valence-electron chi connectivity index (χ3n) is 7.33. The number of aryl methyl sites for hydroxylation is 2. The van der Waals surface area contributed by atoms with Crippen LogP contribution in [0.1, 0.15) is 44.7 Å². The van der Waals surface area contributed by atoms with Crippen LogP contribution in [0.25, 0.3) is 10.8 Å². The standard InChI is InChI=1S/C29H31ClN2O4/c1-18-13-23(14-19(2)27(18)30)36-17-22(33)16-31-11-9-20(10-12-31)15-32-28(34)24-7-3-5-21-6-4-8-25(26(21)24)29(32)35/h3-8,13-14,20,22,33H,9-12,15-17H2,1-2H3. The fraction of sp³-hybridized carbons (Fsp3) is 0.379. The zero-order chi connectivity index (χ0) is 25.4. The number of imide groups is 1. The van der Waals surface area contributed by atoms with Crippen molar-refractivity contribution in [1.29, 1.82) is 0 Å². The zero-order valence-corrected chi connectivity index (χ0v) is 21.4. The molecule has 0 spiro atoms. The third-order valence-corrected chi connectivity index (χ3v) is 7.92. The molecular formula is C29H31ClN2O4. The van der Waals surface area contributed by atoms with Crippen LogP contribution in [0, 0.1) is 19.8 Å². The van der Waals surface area contributed by atoms with Crippen LogP contribution in [-0.2, 0) is 0 Å². The number of hydrogen-bond acceptors (Lipinski definition) is 5. The Morgan fingerprint density at radius 2 is 1.58 bits per heavy atom. The first kappa shape index (κ1) is 24.8. The summed E-state index contributed by atoms with van der Waals surface area (Å²) >= 11 is 6.22. The number of aliphatic hydroxyl groups is 1. The lowest BCUT2D eigenvalue weighted by molar-refractivity contribution is 0.0453. The Balaban J connectivity index is 1.14. The van der Waals surface area contributed by atoms with Crippen molar-refractivity contribution in [2.45, 2.75) is 32.8 Å². The molecule has 1 atom stereocenters. The van der Waals surface area contributed by atoms with Gasteiger partial charge in [-0.2, -0.15) is 0 Å². The smallest absolute Gasteiger partial charge is 0.261 e. The van der Waals surface area contributed by atoms with Gasteiger partial charge in [0.25, 0.3) is 11.8 Å². The molecule has 2 amide bonds. The second-order valence-electron chi connectivity index (χ2n) is 10.0. The van der Waals surface area contributed by atoms with Gasteiger partial charge in [0.15, 0.2) is 0 Å². The van der Waals surface area contributed by atoms with Crippen LogP contribution in [0.2, 0.25) is 5.02 Å². The molecule has 5 rings (SSSR count). The molecule has 1 unspecified atom stereocenters. The van der Waals surface area contributed by atoms with Gasteiger partial charge in [-0.15, -0.1) is 0 Å². The van der Waals surface area contributed by atoms with Crippen molar-refractivity contribution in [3.8, 4) is 5.75 Å². The molecule has 1 saturated heterocycles. The second kappa shape index (κ2) is 10.2. The molecule has 0 aromatic heterocycles. The van der Waals surface area contributed by atoms with Gasteiger partial charge in [0.05, 0.1) is 0 Å². The fourth-order valence-corrected chi connectivity index (χ4v) is 5.50. The highest BCUT2D eigenvalue weighted by atomic mass is 35.5. The molecule has 36 heavy (non-hydrogen) atoms. The molecule has 188 valence electrons. The van der Waals surface area contributed by atoms with Crippen LogP contribution in [-0.4, -0.2) is 65.6 Å².